The third kappa shape index (κ3) is 3.37. The lowest BCUT2D eigenvalue weighted by Gasteiger charge is -2.31. The summed E-state index contributed by atoms with van der Waals surface area (Å²) in [5.74, 6) is -1.27. The highest BCUT2D eigenvalue weighted by molar-refractivity contribution is 5.91. The molecule has 4 aliphatic carbocycles. The summed E-state index contributed by atoms with van der Waals surface area (Å²) < 4.78 is 5.71. The molecule has 0 radical (unpaired) electrons. The molecular formula is C27H28N2O5. The fourth-order valence-corrected chi connectivity index (χ4v) is 6.49. The number of carboxylic acid groups (broad SMARTS) is 1. The molecule has 0 aromatic heterocycles. The van der Waals surface area contributed by atoms with Gasteiger partial charge in [0.1, 0.15) is 12.1 Å². The molecule has 7 heteroatoms. The van der Waals surface area contributed by atoms with E-state index in [-0.39, 0.29) is 36.3 Å². The molecular weight excluding hydrogens is 432 g/mol. The minimum Gasteiger partial charge on any atom is -0.480 e. The van der Waals surface area contributed by atoms with Gasteiger partial charge in [0.25, 0.3) is 0 Å². The molecule has 2 amide bonds. The van der Waals surface area contributed by atoms with E-state index >= 15 is 0 Å². The standard InChI is InChI=1S/C27H28N2O5/c30-24(29-27(11-12-27)25(31)32)22-15-9-10-16(13-15)23(22)28-26(33)34-14-21-19-7-3-1-5-17(19)18-6-2-4-8-20(18)21/h1-8,15-16,21-23H,9-14H2,(H,28,33)(H,29,30)(H,31,32). The lowest BCUT2D eigenvalue weighted by Crippen LogP contribution is -2.53. The van der Waals surface area contributed by atoms with Crippen LogP contribution in [0.4, 0.5) is 4.79 Å². The lowest BCUT2D eigenvalue weighted by molar-refractivity contribution is -0.144. The Hall–Kier alpha value is -3.35. The summed E-state index contributed by atoms with van der Waals surface area (Å²) in [7, 11) is 0. The largest absolute Gasteiger partial charge is 0.480 e. The van der Waals surface area contributed by atoms with E-state index < -0.39 is 23.5 Å². The number of benzene rings is 2. The fourth-order valence-electron chi connectivity index (χ4n) is 6.49. The summed E-state index contributed by atoms with van der Waals surface area (Å²) in [4.78, 5) is 37.5. The average Bonchev–Trinajstić information content (AvgIpc) is 3.20. The predicted octanol–water partition coefficient (Wildman–Crippen LogP) is 3.67. The molecule has 176 valence electrons. The van der Waals surface area contributed by atoms with Crippen molar-refractivity contribution in [1.82, 2.24) is 10.6 Å². The molecule has 2 aromatic rings. The quantitative estimate of drug-likeness (QED) is 0.610. The van der Waals surface area contributed by atoms with Gasteiger partial charge < -0.3 is 20.5 Å². The summed E-state index contributed by atoms with van der Waals surface area (Å²) in [5.41, 5.74) is 3.52. The van der Waals surface area contributed by atoms with Crippen molar-refractivity contribution in [2.45, 2.75) is 49.6 Å². The zero-order valence-electron chi connectivity index (χ0n) is 18.8. The number of nitrogens with one attached hydrogen (secondary N) is 2. The van der Waals surface area contributed by atoms with Gasteiger partial charge in [0, 0.05) is 12.0 Å². The van der Waals surface area contributed by atoms with Crippen LogP contribution in [0.15, 0.2) is 48.5 Å². The van der Waals surface area contributed by atoms with Gasteiger partial charge in [0.05, 0.1) is 5.92 Å². The Morgan fingerprint density at radius 2 is 1.56 bits per heavy atom. The van der Waals surface area contributed by atoms with Gasteiger partial charge in [0.2, 0.25) is 5.91 Å². The molecule has 0 heterocycles. The minimum atomic E-state index is -1.12. The molecule has 4 aliphatic rings. The van der Waals surface area contributed by atoms with Crippen molar-refractivity contribution >= 4 is 18.0 Å². The first kappa shape index (κ1) is 21.2. The Morgan fingerprint density at radius 1 is 0.941 bits per heavy atom. The van der Waals surface area contributed by atoms with Crippen LogP contribution in [0.1, 0.15) is 49.1 Å². The molecule has 34 heavy (non-hydrogen) atoms. The first-order valence-electron chi connectivity index (χ1n) is 12.1. The van der Waals surface area contributed by atoms with E-state index in [1.165, 1.54) is 11.1 Å². The van der Waals surface area contributed by atoms with Gasteiger partial charge >= 0.3 is 12.1 Å². The normalized spacial score (nSPS) is 27.5. The van der Waals surface area contributed by atoms with E-state index in [9.17, 15) is 19.5 Å². The molecule has 0 saturated heterocycles. The number of aliphatic carboxylic acids is 1. The van der Waals surface area contributed by atoms with Crippen LogP contribution in [0.3, 0.4) is 0 Å². The second-order valence-corrected chi connectivity index (χ2v) is 10.2. The molecule has 3 fully saturated rings. The van der Waals surface area contributed by atoms with Gasteiger partial charge in [-0.1, -0.05) is 48.5 Å². The number of amides is 2. The maximum atomic E-state index is 13.1. The zero-order chi connectivity index (χ0) is 23.4. The SMILES string of the molecule is O=C(NC1C2CCC(C2)C1C(=O)NC1(C(=O)O)CC1)OCC1c2ccccc2-c2ccccc21. The van der Waals surface area contributed by atoms with Crippen molar-refractivity contribution in [3.05, 3.63) is 59.7 Å². The Bertz CT molecular complexity index is 1130. The molecule has 6 rings (SSSR count). The maximum Gasteiger partial charge on any atom is 0.407 e. The first-order valence-corrected chi connectivity index (χ1v) is 12.1. The number of carbonyl (C=O) groups is 3. The van der Waals surface area contributed by atoms with Gasteiger partial charge in [0.15, 0.2) is 0 Å². The van der Waals surface area contributed by atoms with Crippen molar-refractivity contribution < 1.29 is 24.2 Å². The van der Waals surface area contributed by atoms with Gasteiger partial charge in [-0.2, -0.15) is 0 Å². The lowest BCUT2D eigenvalue weighted by atomic mass is 9.83. The number of carbonyl (C=O) groups excluding carboxylic acids is 2. The summed E-state index contributed by atoms with van der Waals surface area (Å²) in [5, 5.41) is 15.2. The zero-order valence-corrected chi connectivity index (χ0v) is 18.8. The number of rotatable bonds is 6. The van der Waals surface area contributed by atoms with E-state index in [1.54, 1.807) is 0 Å². The van der Waals surface area contributed by atoms with Crippen LogP contribution >= 0.6 is 0 Å². The van der Waals surface area contributed by atoms with E-state index in [0.717, 1.165) is 30.4 Å². The van der Waals surface area contributed by atoms with Crippen LogP contribution < -0.4 is 10.6 Å². The van der Waals surface area contributed by atoms with Crippen LogP contribution in [0.5, 0.6) is 0 Å². The van der Waals surface area contributed by atoms with E-state index in [2.05, 4.69) is 34.9 Å². The van der Waals surface area contributed by atoms with Gasteiger partial charge in [-0.25, -0.2) is 9.59 Å². The Morgan fingerprint density at radius 3 is 2.18 bits per heavy atom. The van der Waals surface area contributed by atoms with Crippen LogP contribution in [0.2, 0.25) is 0 Å². The van der Waals surface area contributed by atoms with E-state index in [0.29, 0.717) is 12.8 Å². The third-order valence-corrected chi connectivity index (χ3v) is 8.37. The highest BCUT2D eigenvalue weighted by Gasteiger charge is 2.56. The minimum absolute atomic E-state index is 0.0254. The van der Waals surface area contributed by atoms with Gasteiger partial charge in [-0.3, -0.25) is 4.79 Å². The molecule has 3 N–H and O–H groups in total. The van der Waals surface area contributed by atoms with Crippen molar-refractivity contribution in [2.75, 3.05) is 6.61 Å². The topological polar surface area (TPSA) is 105 Å². The first-order chi connectivity index (χ1) is 16.5. The second kappa shape index (κ2) is 7.86. The number of alkyl carbamates (subject to hydrolysis) is 1. The molecule has 7 nitrogen and oxygen atoms in total. The van der Waals surface area contributed by atoms with Crippen molar-refractivity contribution in [3.8, 4) is 11.1 Å². The molecule has 3 saturated carbocycles. The molecule has 4 unspecified atom stereocenters. The van der Waals surface area contributed by atoms with Gasteiger partial charge in [-0.05, 0) is 66.2 Å². The summed E-state index contributed by atoms with van der Waals surface area (Å²) in [6.45, 7) is 0.222. The number of hydrogen-bond donors (Lipinski definition) is 3. The van der Waals surface area contributed by atoms with Gasteiger partial charge in [-0.15, -0.1) is 0 Å². The molecule has 4 atom stereocenters. The fraction of sp³-hybridized carbons (Fsp3) is 0.444. The summed E-state index contributed by atoms with van der Waals surface area (Å²) >= 11 is 0. The van der Waals surface area contributed by atoms with Crippen LogP contribution in [0.25, 0.3) is 11.1 Å². The van der Waals surface area contributed by atoms with E-state index in [4.69, 9.17) is 4.74 Å². The highest BCUT2D eigenvalue weighted by atomic mass is 16.5. The molecule has 2 bridgehead atoms. The number of fused-ring (bicyclic) bond motifs is 5. The summed E-state index contributed by atoms with van der Waals surface area (Å²) in [6, 6.07) is 16.1. The number of carboxylic acids is 1. The number of hydrogen-bond acceptors (Lipinski definition) is 4. The second-order valence-electron chi connectivity index (χ2n) is 10.2. The molecule has 2 aromatic carbocycles. The van der Waals surface area contributed by atoms with Crippen molar-refractivity contribution in [1.29, 1.82) is 0 Å². The van der Waals surface area contributed by atoms with Crippen molar-refractivity contribution in [2.24, 2.45) is 17.8 Å². The molecule has 0 aliphatic heterocycles. The van der Waals surface area contributed by atoms with Crippen LogP contribution in [-0.2, 0) is 14.3 Å². The Kier molecular flexibility index (Phi) is 4.90. The number of ether oxygens (including phenoxy) is 1. The Balaban J connectivity index is 1.13. The highest BCUT2D eigenvalue weighted by Crippen LogP contribution is 2.49. The van der Waals surface area contributed by atoms with E-state index in [1.807, 2.05) is 24.3 Å². The van der Waals surface area contributed by atoms with Crippen LogP contribution in [0, 0.1) is 17.8 Å². The van der Waals surface area contributed by atoms with Crippen molar-refractivity contribution in [3.63, 3.8) is 0 Å². The smallest absolute Gasteiger partial charge is 0.407 e. The Labute approximate surface area is 197 Å². The molecule has 0 spiro atoms. The predicted molar refractivity (Wildman–Crippen MR) is 124 cm³/mol. The average molecular weight is 461 g/mol. The maximum absolute atomic E-state index is 13.1. The van der Waals surface area contributed by atoms with Crippen LogP contribution in [-0.4, -0.2) is 41.3 Å². The monoisotopic (exact) mass is 460 g/mol. The summed E-state index contributed by atoms with van der Waals surface area (Å²) in [6.07, 6.45) is 3.18. The third-order valence-electron chi connectivity index (χ3n) is 8.37.